The molecule has 1 aliphatic heterocycles. The van der Waals surface area contributed by atoms with Crippen molar-refractivity contribution in [1.29, 1.82) is 0 Å². The first kappa shape index (κ1) is 11.4. The third kappa shape index (κ3) is 1.91. The maximum absolute atomic E-state index is 5.59. The van der Waals surface area contributed by atoms with E-state index in [0.29, 0.717) is 12.5 Å². The smallest absolute Gasteiger partial charge is 0.220 e. The lowest BCUT2D eigenvalue weighted by molar-refractivity contribution is 0.652. The van der Waals surface area contributed by atoms with Gasteiger partial charge in [-0.05, 0) is 6.92 Å². The van der Waals surface area contributed by atoms with Crippen molar-refractivity contribution in [2.24, 2.45) is 0 Å². The highest BCUT2D eigenvalue weighted by atomic mass is 32.1. The monoisotopic (exact) mass is 262 g/mol. The first-order chi connectivity index (χ1) is 8.78. The van der Waals surface area contributed by atoms with Gasteiger partial charge in [-0.3, -0.25) is 5.32 Å². The molecule has 94 valence electrons. The van der Waals surface area contributed by atoms with Crippen LogP contribution in [0.5, 0.6) is 0 Å². The van der Waals surface area contributed by atoms with Gasteiger partial charge in [0.15, 0.2) is 5.13 Å². The summed E-state index contributed by atoms with van der Waals surface area (Å²) in [5.41, 5.74) is 8.62. The van der Waals surface area contributed by atoms with Crippen LogP contribution in [0, 0.1) is 0 Å². The number of anilines is 2. The van der Waals surface area contributed by atoms with Gasteiger partial charge in [0.05, 0.1) is 17.4 Å². The number of nitrogens with two attached hydrogens (primary N) is 1. The second-order valence-corrected chi connectivity index (χ2v) is 4.91. The first-order valence-corrected chi connectivity index (χ1v) is 6.70. The highest BCUT2D eigenvalue weighted by molar-refractivity contribution is 7.13. The third-order valence-electron chi connectivity index (χ3n) is 2.85. The molecule has 0 unspecified atom stereocenters. The lowest BCUT2D eigenvalue weighted by Gasteiger charge is -2.07. The molecule has 6 nitrogen and oxygen atoms in total. The number of nitrogens with one attached hydrogen (secondary N) is 2. The Morgan fingerprint density at radius 3 is 3.28 bits per heavy atom. The Balaban J connectivity index is 1.90. The molecule has 2 aromatic rings. The van der Waals surface area contributed by atoms with Crippen molar-refractivity contribution >= 4 is 22.4 Å². The topological polar surface area (TPSA) is 88.8 Å². The molecule has 0 aromatic carbocycles. The van der Waals surface area contributed by atoms with Gasteiger partial charge in [0.25, 0.3) is 0 Å². The Kier molecular flexibility index (Phi) is 2.85. The van der Waals surface area contributed by atoms with E-state index >= 15 is 0 Å². The van der Waals surface area contributed by atoms with Gasteiger partial charge in [0.1, 0.15) is 0 Å². The number of fused-ring (bicyclic) bond motifs is 1. The molecule has 7 heteroatoms. The normalized spacial score (nSPS) is 17.7. The molecule has 1 aliphatic rings. The van der Waals surface area contributed by atoms with Crippen LogP contribution in [0.3, 0.4) is 0 Å². The first-order valence-electron chi connectivity index (χ1n) is 5.82. The second kappa shape index (κ2) is 4.51. The summed E-state index contributed by atoms with van der Waals surface area (Å²) in [6.45, 7) is 3.64. The van der Waals surface area contributed by atoms with Crippen molar-refractivity contribution in [3.05, 3.63) is 28.5 Å². The third-order valence-corrected chi connectivity index (χ3v) is 3.67. The van der Waals surface area contributed by atoms with E-state index in [4.69, 9.17) is 5.73 Å². The number of nitrogen functional groups attached to an aromatic ring is 1. The standard InChI is InChI=1S/C11H14N6S/c1-2-13-11-17-8(5-18-11)9-6-3-15-10(12)16-7(6)4-14-9/h3,5,9,14H,2,4H2,1H3,(H,13,17)(H2,12,15,16)/t9-/m1/s1. The predicted octanol–water partition coefficient (Wildman–Crippen LogP) is 1.14. The lowest BCUT2D eigenvalue weighted by Crippen LogP contribution is -2.13. The number of hydrogen-bond donors (Lipinski definition) is 3. The van der Waals surface area contributed by atoms with Crippen LogP contribution in [0.2, 0.25) is 0 Å². The molecule has 0 radical (unpaired) electrons. The summed E-state index contributed by atoms with van der Waals surface area (Å²) in [6, 6.07) is 0.0734. The van der Waals surface area contributed by atoms with E-state index in [1.54, 1.807) is 17.5 Å². The van der Waals surface area contributed by atoms with Crippen LogP contribution >= 0.6 is 11.3 Å². The summed E-state index contributed by atoms with van der Waals surface area (Å²) >= 11 is 1.61. The molecule has 3 heterocycles. The van der Waals surface area contributed by atoms with Gasteiger partial charge in [0, 0.05) is 30.2 Å². The minimum Gasteiger partial charge on any atom is -0.368 e. The molecule has 0 amide bonds. The van der Waals surface area contributed by atoms with Crippen LogP contribution in [0.15, 0.2) is 11.6 Å². The Hall–Kier alpha value is -1.73. The largest absolute Gasteiger partial charge is 0.368 e. The van der Waals surface area contributed by atoms with Crippen LogP contribution in [-0.4, -0.2) is 21.5 Å². The van der Waals surface area contributed by atoms with Crippen LogP contribution in [0.4, 0.5) is 11.1 Å². The van der Waals surface area contributed by atoms with Crippen molar-refractivity contribution in [3.63, 3.8) is 0 Å². The number of nitrogens with zero attached hydrogens (tertiary/aromatic N) is 3. The predicted molar refractivity (Wildman–Crippen MR) is 71.4 cm³/mol. The molecule has 2 aromatic heterocycles. The zero-order valence-corrected chi connectivity index (χ0v) is 10.8. The van der Waals surface area contributed by atoms with E-state index in [1.807, 2.05) is 0 Å². The Bertz CT molecular complexity index is 566. The Labute approximate surface area is 109 Å². The average Bonchev–Trinajstić information content (AvgIpc) is 2.95. The molecule has 0 fully saturated rings. The Morgan fingerprint density at radius 1 is 1.56 bits per heavy atom. The molecule has 0 saturated heterocycles. The quantitative estimate of drug-likeness (QED) is 0.768. The van der Waals surface area contributed by atoms with E-state index in [-0.39, 0.29) is 6.04 Å². The van der Waals surface area contributed by atoms with Gasteiger partial charge in [-0.1, -0.05) is 0 Å². The van der Waals surface area contributed by atoms with E-state index in [9.17, 15) is 0 Å². The molecule has 4 N–H and O–H groups in total. The maximum atomic E-state index is 5.59. The minimum absolute atomic E-state index is 0.0734. The van der Waals surface area contributed by atoms with E-state index < -0.39 is 0 Å². The average molecular weight is 262 g/mol. The summed E-state index contributed by atoms with van der Waals surface area (Å²) in [6.07, 6.45) is 1.79. The summed E-state index contributed by atoms with van der Waals surface area (Å²) < 4.78 is 0. The summed E-state index contributed by atoms with van der Waals surface area (Å²) in [4.78, 5) is 12.9. The molecule has 18 heavy (non-hydrogen) atoms. The number of rotatable bonds is 3. The van der Waals surface area contributed by atoms with Gasteiger partial charge in [-0.2, -0.15) is 0 Å². The highest BCUT2D eigenvalue weighted by Gasteiger charge is 2.27. The molecule has 0 bridgehead atoms. The molecular weight excluding hydrogens is 248 g/mol. The zero-order chi connectivity index (χ0) is 12.5. The number of hydrogen-bond acceptors (Lipinski definition) is 7. The zero-order valence-electron chi connectivity index (χ0n) is 9.97. The molecule has 1 atom stereocenters. The van der Waals surface area contributed by atoms with E-state index in [1.165, 1.54) is 0 Å². The SMILES string of the molecule is CCNc1nc([C@@H]2NCc3nc(N)ncc32)cs1. The molecular formula is C11H14N6S. The minimum atomic E-state index is 0.0734. The summed E-state index contributed by atoms with van der Waals surface area (Å²) in [5, 5.41) is 9.59. The van der Waals surface area contributed by atoms with Crippen LogP contribution in [0.25, 0.3) is 0 Å². The van der Waals surface area contributed by atoms with Crippen molar-refractivity contribution in [3.8, 4) is 0 Å². The van der Waals surface area contributed by atoms with E-state index in [0.717, 1.165) is 28.6 Å². The van der Waals surface area contributed by atoms with Gasteiger partial charge < -0.3 is 11.1 Å². The molecule has 0 saturated carbocycles. The van der Waals surface area contributed by atoms with Crippen molar-refractivity contribution in [2.45, 2.75) is 19.5 Å². The maximum Gasteiger partial charge on any atom is 0.220 e. The van der Waals surface area contributed by atoms with Gasteiger partial charge in [-0.25, -0.2) is 15.0 Å². The molecule has 0 spiro atoms. The molecule has 3 rings (SSSR count). The van der Waals surface area contributed by atoms with Crippen molar-refractivity contribution < 1.29 is 0 Å². The number of aromatic nitrogens is 3. The molecule has 0 aliphatic carbocycles. The van der Waals surface area contributed by atoms with Crippen molar-refractivity contribution in [1.82, 2.24) is 20.3 Å². The van der Waals surface area contributed by atoms with Crippen LogP contribution in [-0.2, 0) is 6.54 Å². The van der Waals surface area contributed by atoms with Gasteiger partial charge in [-0.15, -0.1) is 11.3 Å². The van der Waals surface area contributed by atoms with Gasteiger partial charge >= 0.3 is 0 Å². The summed E-state index contributed by atoms with van der Waals surface area (Å²) in [7, 11) is 0. The van der Waals surface area contributed by atoms with Crippen molar-refractivity contribution in [2.75, 3.05) is 17.6 Å². The van der Waals surface area contributed by atoms with E-state index in [2.05, 4.69) is 37.9 Å². The van der Waals surface area contributed by atoms with Gasteiger partial charge in [0.2, 0.25) is 5.95 Å². The fraction of sp³-hybridized carbons (Fsp3) is 0.364. The second-order valence-electron chi connectivity index (χ2n) is 4.05. The van der Waals surface area contributed by atoms with Crippen LogP contribution in [0.1, 0.15) is 29.9 Å². The summed E-state index contributed by atoms with van der Waals surface area (Å²) in [5.74, 6) is 0.322. The Morgan fingerprint density at radius 2 is 2.44 bits per heavy atom. The fourth-order valence-corrected chi connectivity index (χ4v) is 2.86. The lowest BCUT2D eigenvalue weighted by atomic mass is 10.1. The number of thiazole rings is 1. The van der Waals surface area contributed by atoms with Crippen LogP contribution < -0.4 is 16.4 Å². The highest BCUT2D eigenvalue weighted by Crippen LogP contribution is 2.31. The fourth-order valence-electron chi connectivity index (χ4n) is 2.05.